The van der Waals surface area contributed by atoms with Gasteiger partial charge in [-0.15, -0.1) is 0 Å². The van der Waals surface area contributed by atoms with Crippen molar-refractivity contribution in [1.29, 1.82) is 0 Å². The van der Waals surface area contributed by atoms with Gasteiger partial charge in [-0.05, 0) is 18.2 Å². The van der Waals surface area contributed by atoms with Gasteiger partial charge in [0, 0.05) is 17.2 Å². The Kier molecular flexibility index (Phi) is 3.48. The lowest BCUT2D eigenvalue weighted by Gasteiger charge is -2.12. The summed E-state index contributed by atoms with van der Waals surface area (Å²) < 4.78 is 27.6. The molecule has 0 bridgehead atoms. The topological polar surface area (TPSA) is 98.5 Å². The molecule has 0 radical (unpaired) electrons. The molecule has 0 saturated heterocycles. The van der Waals surface area contributed by atoms with E-state index in [1.165, 1.54) is 25.3 Å². The number of carbonyl (C=O) groups is 1. The third-order valence-corrected chi connectivity index (χ3v) is 4.11. The first-order valence-electron chi connectivity index (χ1n) is 5.56. The largest absolute Gasteiger partial charge is 0.496 e. The minimum absolute atomic E-state index is 0.115. The number of anilines is 1. The zero-order chi connectivity index (χ0) is 14.0. The maximum absolute atomic E-state index is 12.0. The number of methoxy groups -OCH3 is 1. The molecule has 0 aromatic heterocycles. The molecule has 1 aliphatic heterocycles. The highest BCUT2D eigenvalue weighted by Crippen LogP contribution is 2.21. The van der Waals surface area contributed by atoms with Crippen LogP contribution in [0.5, 0.6) is 5.75 Å². The number of ether oxygens (including phenoxy) is 1. The van der Waals surface area contributed by atoms with E-state index in [2.05, 4.69) is 5.32 Å². The van der Waals surface area contributed by atoms with Crippen molar-refractivity contribution in [2.45, 2.75) is 6.04 Å². The number of sulfone groups is 1. The highest BCUT2D eigenvalue weighted by atomic mass is 32.2. The number of hydrogen-bond donors (Lipinski definition) is 2. The molecule has 1 unspecified atom stereocenters. The summed E-state index contributed by atoms with van der Waals surface area (Å²) in [6, 6.07) is 4.14. The smallest absolute Gasteiger partial charge is 0.255 e. The fourth-order valence-corrected chi connectivity index (χ4v) is 3.04. The molecule has 0 fully saturated rings. The summed E-state index contributed by atoms with van der Waals surface area (Å²) in [5.74, 6) is -0.165. The quantitative estimate of drug-likeness (QED) is 0.778. The van der Waals surface area contributed by atoms with Crippen molar-refractivity contribution in [2.24, 2.45) is 0 Å². The number of nitrogens with two attached hydrogens (primary N) is 1. The van der Waals surface area contributed by atoms with Gasteiger partial charge >= 0.3 is 0 Å². The van der Waals surface area contributed by atoms with Crippen LogP contribution >= 0.6 is 0 Å². The maximum atomic E-state index is 12.0. The van der Waals surface area contributed by atoms with Crippen LogP contribution in [-0.2, 0) is 9.84 Å². The second-order valence-electron chi connectivity index (χ2n) is 4.20. The number of benzene rings is 1. The summed E-state index contributed by atoms with van der Waals surface area (Å²) in [6.45, 7) is 0. The average molecular weight is 282 g/mol. The summed E-state index contributed by atoms with van der Waals surface area (Å²) in [4.78, 5) is 12.0. The Morgan fingerprint density at radius 1 is 1.47 bits per heavy atom. The van der Waals surface area contributed by atoms with Crippen molar-refractivity contribution in [3.05, 3.63) is 35.2 Å². The van der Waals surface area contributed by atoms with Crippen LogP contribution < -0.4 is 15.8 Å². The van der Waals surface area contributed by atoms with Crippen molar-refractivity contribution in [3.63, 3.8) is 0 Å². The molecule has 3 N–H and O–H groups in total. The molecule has 102 valence electrons. The van der Waals surface area contributed by atoms with E-state index >= 15 is 0 Å². The molecule has 1 atom stereocenters. The highest BCUT2D eigenvalue weighted by Gasteiger charge is 2.24. The number of rotatable bonds is 3. The van der Waals surface area contributed by atoms with Crippen molar-refractivity contribution < 1.29 is 17.9 Å². The van der Waals surface area contributed by atoms with E-state index in [1.807, 2.05) is 0 Å². The van der Waals surface area contributed by atoms with Crippen LogP contribution in [0.4, 0.5) is 5.69 Å². The van der Waals surface area contributed by atoms with Crippen molar-refractivity contribution in [3.8, 4) is 5.75 Å². The van der Waals surface area contributed by atoms with Crippen molar-refractivity contribution >= 4 is 21.4 Å². The predicted octanol–water partition coefficient (Wildman–Crippen LogP) is 0.318. The van der Waals surface area contributed by atoms with Crippen LogP contribution in [0.15, 0.2) is 29.7 Å². The van der Waals surface area contributed by atoms with Crippen LogP contribution in [0.25, 0.3) is 0 Å². The lowest BCUT2D eigenvalue weighted by Crippen LogP contribution is -2.35. The maximum Gasteiger partial charge on any atom is 0.255 e. The summed E-state index contributed by atoms with van der Waals surface area (Å²) in [7, 11) is -1.76. The molecule has 7 heteroatoms. The fraction of sp³-hybridized carbons (Fsp3) is 0.250. The predicted molar refractivity (Wildman–Crippen MR) is 71.6 cm³/mol. The lowest BCUT2D eigenvalue weighted by atomic mass is 10.1. The number of amides is 1. The Balaban J connectivity index is 2.15. The van der Waals surface area contributed by atoms with Crippen LogP contribution in [0.3, 0.4) is 0 Å². The number of hydrogen-bond acceptors (Lipinski definition) is 5. The van der Waals surface area contributed by atoms with Crippen molar-refractivity contribution in [2.75, 3.05) is 18.6 Å². The van der Waals surface area contributed by atoms with Crippen LogP contribution in [0.2, 0.25) is 0 Å². The third kappa shape index (κ3) is 3.05. The molecule has 0 aliphatic carbocycles. The number of nitrogen functional groups attached to an aromatic ring is 1. The van der Waals surface area contributed by atoms with E-state index in [0.717, 1.165) is 5.41 Å². The van der Waals surface area contributed by atoms with Crippen molar-refractivity contribution in [1.82, 2.24) is 5.32 Å². The van der Waals surface area contributed by atoms with Gasteiger partial charge in [-0.2, -0.15) is 0 Å². The minimum atomic E-state index is -3.19. The summed E-state index contributed by atoms with van der Waals surface area (Å²) >= 11 is 0. The van der Waals surface area contributed by atoms with Gasteiger partial charge in [0.15, 0.2) is 9.84 Å². The van der Waals surface area contributed by atoms with Gasteiger partial charge in [-0.1, -0.05) is 0 Å². The zero-order valence-corrected chi connectivity index (χ0v) is 11.1. The molecule has 1 aliphatic rings. The van der Waals surface area contributed by atoms with E-state index in [-0.39, 0.29) is 5.75 Å². The van der Waals surface area contributed by atoms with E-state index < -0.39 is 21.8 Å². The Labute approximate surface area is 111 Å². The first-order valence-corrected chi connectivity index (χ1v) is 7.28. The highest BCUT2D eigenvalue weighted by molar-refractivity contribution is 7.94. The number of nitrogens with one attached hydrogen (secondary N) is 1. The van der Waals surface area contributed by atoms with Gasteiger partial charge in [-0.25, -0.2) is 8.42 Å². The molecule has 1 amide bonds. The fourth-order valence-electron chi connectivity index (χ4n) is 1.81. The molecule has 19 heavy (non-hydrogen) atoms. The lowest BCUT2D eigenvalue weighted by molar-refractivity contribution is 0.0944. The summed E-state index contributed by atoms with van der Waals surface area (Å²) in [5, 5.41) is 3.73. The van der Waals surface area contributed by atoms with E-state index in [0.29, 0.717) is 17.0 Å². The molecule has 6 nitrogen and oxygen atoms in total. The molecule has 1 heterocycles. The Bertz CT molecular complexity index is 637. The zero-order valence-electron chi connectivity index (χ0n) is 10.3. The van der Waals surface area contributed by atoms with Crippen LogP contribution in [0.1, 0.15) is 10.4 Å². The van der Waals surface area contributed by atoms with Gasteiger partial charge in [-0.3, -0.25) is 4.79 Å². The van der Waals surface area contributed by atoms with Gasteiger partial charge < -0.3 is 15.8 Å². The van der Waals surface area contributed by atoms with E-state index in [1.54, 1.807) is 6.07 Å². The molecule has 1 aromatic rings. The van der Waals surface area contributed by atoms with Crippen LogP contribution in [0, 0.1) is 0 Å². The first-order chi connectivity index (χ1) is 8.91. The summed E-state index contributed by atoms with van der Waals surface area (Å²) in [6.07, 6.45) is 1.46. The Morgan fingerprint density at radius 2 is 2.21 bits per heavy atom. The van der Waals surface area contributed by atoms with Gasteiger partial charge in [0.05, 0.1) is 24.5 Å². The third-order valence-electron chi connectivity index (χ3n) is 2.72. The summed E-state index contributed by atoms with van der Waals surface area (Å²) in [5.41, 5.74) is 6.40. The minimum Gasteiger partial charge on any atom is -0.496 e. The second-order valence-corrected chi connectivity index (χ2v) is 6.13. The molecule has 1 aromatic carbocycles. The second kappa shape index (κ2) is 4.93. The van der Waals surface area contributed by atoms with E-state index in [4.69, 9.17) is 10.5 Å². The van der Waals surface area contributed by atoms with E-state index in [9.17, 15) is 13.2 Å². The Hall–Kier alpha value is -2.02. The SMILES string of the molecule is COc1cc(N)ccc1C(=O)NC1C=CS(=O)(=O)C1. The van der Waals surface area contributed by atoms with Gasteiger partial charge in [0.2, 0.25) is 0 Å². The average Bonchev–Trinajstić information content (AvgIpc) is 2.68. The van der Waals surface area contributed by atoms with Crippen LogP contribution in [-0.4, -0.2) is 33.2 Å². The first kappa shape index (κ1) is 13.4. The Morgan fingerprint density at radius 3 is 2.79 bits per heavy atom. The molecule has 0 saturated carbocycles. The monoisotopic (exact) mass is 282 g/mol. The molecule has 2 rings (SSSR count). The number of carbonyl (C=O) groups excluding carboxylic acids is 1. The standard InChI is InChI=1S/C12H14N2O4S/c1-18-11-6-8(13)2-3-10(11)12(15)14-9-4-5-19(16,17)7-9/h2-6,9H,7,13H2,1H3,(H,14,15). The molecule has 0 spiro atoms. The normalized spacial score (nSPS) is 20.2. The van der Waals surface area contributed by atoms with Gasteiger partial charge in [0.1, 0.15) is 5.75 Å². The molecular weight excluding hydrogens is 268 g/mol. The van der Waals surface area contributed by atoms with Gasteiger partial charge in [0.25, 0.3) is 5.91 Å². The molecular formula is C12H14N2O4S.